The monoisotopic (exact) mass is 482 g/mol. The number of hydrogen-bond donors (Lipinski definition) is 3. The van der Waals surface area contributed by atoms with Gasteiger partial charge >= 0.3 is 6.03 Å². The highest BCUT2D eigenvalue weighted by atomic mass is 16.5. The summed E-state index contributed by atoms with van der Waals surface area (Å²) in [4.78, 5) is 29.1. The molecule has 8 heteroatoms. The van der Waals surface area contributed by atoms with Crippen molar-refractivity contribution >= 4 is 29.0 Å². The number of pyridine rings is 1. The lowest BCUT2D eigenvalue weighted by atomic mass is 10.1. The van der Waals surface area contributed by atoms with Crippen LogP contribution in [0.2, 0.25) is 0 Å². The van der Waals surface area contributed by atoms with E-state index in [1.807, 2.05) is 37.3 Å². The number of rotatable bonds is 9. The van der Waals surface area contributed by atoms with Gasteiger partial charge in [0.25, 0.3) is 5.91 Å². The van der Waals surface area contributed by atoms with Gasteiger partial charge in [-0.25, -0.2) is 4.79 Å². The van der Waals surface area contributed by atoms with Gasteiger partial charge in [0.1, 0.15) is 6.61 Å². The molecule has 0 aliphatic rings. The molecule has 0 bridgehead atoms. The molecule has 0 radical (unpaired) electrons. The predicted molar refractivity (Wildman–Crippen MR) is 140 cm³/mol. The molecule has 1 aromatic heterocycles. The number of hydrogen-bond acceptors (Lipinski definition) is 5. The van der Waals surface area contributed by atoms with Crippen LogP contribution in [-0.2, 0) is 6.61 Å². The Morgan fingerprint density at radius 3 is 2.11 bits per heavy atom. The van der Waals surface area contributed by atoms with E-state index in [1.54, 1.807) is 67.0 Å². The largest absolute Gasteiger partial charge is 0.490 e. The smallest absolute Gasteiger partial charge is 0.323 e. The molecule has 0 spiro atoms. The molecule has 0 aliphatic carbocycles. The van der Waals surface area contributed by atoms with Crippen LogP contribution in [0.1, 0.15) is 22.8 Å². The first-order valence-corrected chi connectivity index (χ1v) is 11.4. The number of nitrogens with zero attached hydrogens (tertiary/aromatic N) is 1. The second-order valence-electron chi connectivity index (χ2n) is 7.72. The number of aromatic nitrogens is 1. The van der Waals surface area contributed by atoms with Gasteiger partial charge in [0, 0.05) is 40.6 Å². The third kappa shape index (κ3) is 6.83. The lowest BCUT2D eigenvalue weighted by molar-refractivity contribution is 0.102. The van der Waals surface area contributed by atoms with Crippen LogP contribution in [0.25, 0.3) is 0 Å². The second-order valence-corrected chi connectivity index (χ2v) is 7.72. The van der Waals surface area contributed by atoms with Crippen molar-refractivity contribution in [3.63, 3.8) is 0 Å². The summed E-state index contributed by atoms with van der Waals surface area (Å²) >= 11 is 0. The molecule has 0 aliphatic heterocycles. The Morgan fingerprint density at radius 2 is 1.44 bits per heavy atom. The minimum atomic E-state index is -0.354. The van der Waals surface area contributed by atoms with Crippen LogP contribution < -0.4 is 25.4 Å². The Balaban J connectivity index is 1.36. The fourth-order valence-corrected chi connectivity index (χ4v) is 3.34. The third-order valence-corrected chi connectivity index (χ3v) is 5.06. The van der Waals surface area contributed by atoms with E-state index < -0.39 is 0 Å². The number of amides is 3. The van der Waals surface area contributed by atoms with Crippen molar-refractivity contribution in [3.05, 3.63) is 108 Å². The topological polar surface area (TPSA) is 102 Å². The van der Waals surface area contributed by atoms with Gasteiger partial charge in [0.2, 0.25) is 0 Å². The zero-order chi connectivity index (χ0) is 25.2. The maximum absolute atomic E-state index is 12.8. The van der Waals surface area contributed by atoms with Crippen LogP contribution in [0, 0.1) is 0 Å². The number of urea groups is 1. The Morgan fingerprint density at radius 1 is 0.750 bits per heavy atom. The van der Waals surface area contributed by atoms with Gasteiger partial charge in [0.05, 0.1) is 6.61 Å². The van der Waals surface area contributed by atoms with Gasteiger partial charge < -0.3 is 25.4 Å². The maximum Gasteiger partial charge on any atom is 0.323 e. The molecule has 0 unspecified atom stereocenters. The quantitative estimate of drug-likeness (QED) is 0.273. The Hall–Kier alpha value is -4.85. The van der Waals surface area contributed by atoms with Gasteiger partial charge in [0.15, 0.2) is 11.5 Å². The molecule has 1 heterocycles. The number of nitrogens with one attached hydrogen (secondary N) is 3. The van der Waals surface area contributed by atoms with E-state index in [4.69, 9.17) is 9.47 Å². The summed E-state index contributed by atoms with van der Waals surface area (Å²) in [5, 5.41) is 8.36. The van der Waals surface area contributed by atoms with Gasteiger partial charge in [-0.15, -0.1) is 0 Å². The molecule has 36 heavy (non-hydrogen) atoms. The normalized spacial score (nSPS) is 10.2. The second kappa shape index (κ2) is 12.0. The molecule has 4 rings (SSSR count). The number of para-hydroxylation sites is 1. The first kappa shape index (κ1) is 24.3. The summed E-state index contributed by atoms with van der Waals surface area (Å²) in [5.74, 6) is 0.733. The van der Waals surface area contributed by atoms with E-state index >= 15 is 0 Å². The van der Waals surface area contributed by atoms with Crippen LogP contribution in [0.5, 0.6) is 11.5 Å². The van der Waals surface area contributed by atoms with Gasteiger partial charge in [-0.05, 0) is 67.6 Å². The molecule has 4 aromatic rings. The lowest BCUT2D eigenvalue weighted by Gasteiger charge is -2.14. The van der Waals surface area contributed by atoms with E-state index in [1.165, 1.54) is 0 Å². The van der Waals surface area contributed by atoms with Crippen LogP contribution in [-0.4, -0.2) is 23.5 Å². The van der Waals surface area contributed by atoms with E-state index in [9.17, 15) is 9.59 Å². The van der Waals surface area contributed by atoms with Gasteiger partial charge in [-0.2, -0.15) is 0 Å². The lowest BCUT2D eigenvalue weighted by Crippen LogP contribution is -2.19. The summed E-state index contributed by atoms with van der Waals surface area (Å²) < 4.78 is 11.6. The minimum absolute atomic E-state index is 0.294. The summed E-state index contributed by atoms with van der Waals surface area (Å²) in [5.41, 5.74) is 3.23. The van der Waals surface area contributed by atoms with Crippen molar-refractivity contribution in [2.24, 2.45) is 0 Å². The summed E-state index contributed by atoms with van der Waals surface area (Å²) in [6.45, 7) is 2.64. The van der Waals surface area contributed by atoms with Crippen LogP contribution >= 0.6 is 0 Å². The molecular formula is C28H26N4O4. The van der Waals surface area contributed by atoms with Crippen molar-refractivity contribution in [1.29, 1.82) is 0 Å². The van der Waals surface area contributed by atoms with Gasteiger partial charge in [-0.3, -0.25) is 9.78 Å². The first-order chi connectivity index (χ1) is 17.6. The average Bonchev–Trinajstić information content (AvgIpc) is 2.90. The number of anilines is 3. The Labute approximate surface area is 209 Å². The molecule has 0 fully saturated rings. The van der Waals surface area contributed by atoms with Crippen molar-refractivity contribution in [2.45, 2.75) is 13.5 Å². The number of carbonyl (C=O) groups is 2. The first-order valence-electron chi connectivity index (χ1n) is 11.4. The van der Waals surface area contributed by atoms with Crippen molar-refractivity contribution in [1.82, 2.24) is 4.98 Å². The molecule has 3 aromatic carbocycles. The van der Waals surface area contributed by atoms with Crippen molar-refractivity contribution in [3.8, 4) is 11.5 Å². The highest BCUT2D eigenvalue weighted by Crippen LogP contribution is 2.29. The zero-order valence-corrected chi connectivity index (χ0v) is 19.7. The van der Waals surface area contributed by atoms with E-state index in [-0.39, 0.29) is 11.9 Å². The number of benzene rings is 3. The molecule has 0 saturated heterocycles. The van der Waals surface area contributed by atoms with E-state index in [0.29, 0.717) is 47.3 Å². The van der Waals surface area contributed by atoms with Crippen LogP contribution in [0.15, 0.2) is 97.3 Å². The van der Waals surface area contributed by atoms with Gasteiger partial charge in [-0.1, -0.05) is 24.3 Å². The molecule has 3 amide bonds. The number of carbonyl (C=O) groups excluding carboxylic acids is 2. The van der Waals surface area contributed by atoms with E-state index in [0.717, 1.165) is 5.56 Å². The summed E-state index contributed by atoms with van der Waals surface area (Å²) in [6.07, 6.45) is 3.44. The molecule has 8 nitrogen and oxygen atoms in total. The average molecular weight is 483 g/mol. The van der Waals surface area contributed by atoms with E-state index in [2.05, 4.69) is 20.9 Å². The molecule has 0 saturated carbocycles. The number of ether oxygens (including phenoxy) is 2. The molecule has 0 atom stereocenters. The Kier molecular flexibility index (Phi) is 8.11. The minimum Gasteiger partial charge on any atom is -0.490 e. The summed E-state index contributed by atoms with van der Waals surface area (Å²) in [6, 6.07) is 24.5. The Bertz CT molecular complexity index is 1300. The van der Waals surface area contributed by atoms with Crippen LogP contribution in [0.3, 0.4) is 0 Å². The summed E-state index contributed by atoms with van der Waals surface area (Å²) in [7, 11) is 0. The fraction of sp³-hybridized carbons (Fsp3) is 0.107. The molecule has 3 N–H and O–H groups in total. The van der Waals surface area contributed by atoms with Crippen molar-refractivity contribution < 1.29 is 19.1 Å². The molecular weight excluding hydrogens is 456 g/mol. The standard InChI is InChI=1S/C28H26N4O4/c1-2-35-26-17-21(10-15-25(26)36-19-20-7-6-16-29-18-20)27(33)30-23-11-13-24(14-12-23)32-28(34)31-22-8-4-3-5-9-22/h3-18H,2,19H2,1H3,(H,30,33)(H2,31,32,34). The third-order valence-electron chi connectivity index (χ3n) is 5.06. The predicted octanol–water partition coefficient (Wildman–Crippen LogP) is 5.96. The fourth-order valence-electron chi connectivity index (χ4n) is 3.34. The highest BCUT2D eigenvalue weighted by molar-refractivity contribution is 6.05. The van der Waals surface area contributed by atoms with Crippen LogP contribution in [0.4, 0.5) is 21.9 Å². The highest BCUT2D eigenvalue weighted by Gasteiger charge is 2.13. The molecule has 182 valence electrons. The van der Waals surface area contributed by atoms with Crippen molar-refractivity contribution in [2.75, 3.05) is 22.6 Å². The zero-order valence-electron chi connectivity index (χ0n) is 19.7. The SMILES string of the molecule is CCOc1cc(C(=O)Nc2ccc(NC(=O)Nc3ccccc3)cc2)ccc1OCc1cccnc1. The maximum atomic E-state index is 12.8.